The van der Waals surface area contributed by atoms with E-state index in [1.807, 2.05) is 29.2 Å². The van der Waals surface area contributed by atoms with Crippen molar-refractivity contribution >= 4 is 34.5 Å². The van der Waals surface area contributed by atoms with E-state index in [0.29, 0.717) is 18.7 Å². The van der Waals surface area contributed by atoms with E-state index in [9.17, 15) is 9.59 Å². The zero-order valence-corrected chi connectivity index (χ0v) is 16.3. The third kappa shape index (κ3) is 3.68. The zero-order valence-electron chi connectivity index (χ0n) is 14.7. The summed E-state index contributed by atoms with van der Waals surface area (Å²) in [5.74, 6) is -0.575. The summed E-state index contributed by atoms with van der Waals surface area (Å²) in [5.41, 5.74) is 9.14. The number of carbonyl (C=O) groups excluding carboxylic acids is 2. The van der Waals surface area contributed by atoms with Crippen LogP contribution in [0.1, 0.15) is 28.0 Å². The van der Waals surface area contributed by atoms with Crippen LogP contribution < -0.4 is 11.1 Å². The van der Waals surface area contributed by atoms with Crippen LogP contribution in [0.15, 0.2) is 16.8 Å². The molecule has 0 unspecified atom stereocenters. The molecule has 0 saturated carbocycles. The number of hydrogen-bond donors (Lipinski definition) is 2. The van der Waals surface area contributed by atoms with E-state index in [2.05, 4.69) is 15.3 Å². The van der Waals surface area contributed by atoms with Gasteiger partial charge in [-0.05, 0) is 19.9 Å². The van der Waals surface area contributed by atoms with E-state index in [1.54, 1.807) is 17.4 Å². The summed E-state index contributed by atoms with van der Waals surface area (Å²) in [7, 11) is 0. The number of nitrogens with one attached hydrogen (secondary N) is 1. The van der Waals surface area contributed by atoms with Crippen molar-refractivity contribution in [3.05, 3.63) is 33.1 Å². The molecule has 0 bridgehead atoms. The maximum absolute atomic E-state index is 11.7. The molecule has 0 aromatic carbocycles. The van der Waals surface area contributed by atoms with Gasteiger partial charge in [0.1, 0.15) is 10.7 Å². The van der Waals surface area contributed by atoms with Gasteiger partial charge in [0.05, 0.1) is 22.0 Å². The minimum Gasteiger partial charge on any atom is -0.366 e. The minimum absolute atomic E-state index is 0.0960. The highest BCUT2D eigenvalue weighted by Crippen LogP contribution is 2.31. The molecule has 0 fully saturated rings. The molecule has 2 amide bonds. The van der Waals surface area contributed by atoms with Gasteiger partial charge in [0.2, 0.25) is 5.91 Å². The summed E-state index contributed by atoms with van der Waals surface area (Å²) < 4.78 is 1.96. The van der Waals surface area contributed by atoms with Crippen LogP contribution in [0.3, 0.4) is 0 Å². The van der Waals surface area contributed by atoms with Gasteiger partial charge in [-0.1, -0.05) is 0 Å². The third-order valence-corrected chi connectivity index (χ3v) is 5.58. The number of thiazole rings is 2. The molecule has 3 heterocycles. The lowest BCUT2D eigenvalue weighted by Gasteiger charge is -2.11. The predicted octanol–water partition coefficient (Wildman–Crippen LogP) is 2.59. The van der Waals surface area contributed by atoms with E-state index in [4.69, 9.17) is 5.73 Å². The fourth-order valence-corrected chi connectivity index (χ4v) is 4.15. The van der Waals surface area contributed by atoms with E-state index >= 15 is 0 Å². The van der Waals surface area contributed by atoms with Crippen molar-refractivity contribution in [2.75, 3.05) is 6.54 Å². The molecule has 0 aliphatic heterocycles. The molecule has 0 aliphatic rings. The van der Waals surface area contributed by atoms with Gasteiger partial charge in [-0.2, -0.15) is 0 Å². The number of primary amides is 1. The van der Waals surface area contributed by atoms with E-state index in [0.717, 1.165) is 32.8 Å². The zero-order chi connectivity index (χ0) is 18.8. The smallest absolute Gasteiger partial charge is 0.250 e. The van der Waals surface area contributed by atoms with Crippen LogP contribution in [0.25, 0.3) is 22.1 Å². The lowest BCUT2D eigenvalue weighted by atomic mass is 10.2. The largest absolute Gasteiger partial charge is 0.366 e. The topological polar surface area (TPSA) is 103 Å². The van der Waals surface area contributed by atoms with Crippen molar-refractivity contribution < 1.29 is 9.59 Å². The Morgan fingerprint density at radius 2 is 1.92 bits per heavy atom. The molecule has 3 rings (SSSR count). The number of aromatic nitrogens is 3. The highest BCUT2D eigenvalue weighted by atomic mass is 32.1. The van der Waals surface area contributed by atoms with Crippen LogP contribution in [-0.2, 0) is 11.3 Å². The predicted molar refractivity (Wildman–Crippen MR) is 103 cm³/mol. The van der Waals surface area contributed by atoms with Crippen LogP contribution in [-0.4, -0.2) is 32.9 Å². The first-order valence-electron chi connectivity index (χ1n) is 7.99. The summed E-state index contributed by atoms with van der Waals surface area (Å²) >= 11 is 3.09. The Hall–Kier alpha value is -2.52. The molecular formula is C17H19N5O2S2. The molecule has 9 heteroatoms. The standard InChI is InChI=1S/C17H19N5O2S2/c1-9-12(16(18)24)6-15(22(9)5-4-19-10(2)23)13-7-26-17(21-13)14-8-25-11(3)20-14/h6-8H,4-5H2,1-3H3,(H2,18,24)(H,19,23). The van der Waals surface area contributed by atoms with E-state index < -0.39 is 5.91 Å². The van der Waals surface area contributed by atoms with Gasteiger partial charge in [-0.25, -0.2) is 9.97 Å². The van der Waals surface area contributed by atoms with Crippen molar-refractivity contribution in [1.82, 2.24) is 19.9 Å². The van der Waals surface area contributed by atoms with Crippen LogP contribution in [0.4, 0.5) is 0 Å². The van der Waals surface area contributed by atoms with Gasteiger partial charge in [0.25, 0.3) is 5.91 Å². The number of hydrogen-bond acceptors (Lipinski definition) is 6. The van der Waals surface area contributed by atoms with Gasteiger partial charge >= 0.3 is 0 Å². The second kappa shape index (κ2) is 7.38. The minimum atomic E-state index is -0.479. The van der Waals surface area contributed by atoms with E-state index in [1.165, 1.54) is 18.3 Å². The molecule has 3 aromatic rings. The summed E-state index contributed by atoms with van der Waals surface area (Å²) in [6, 6.07) is 1.76. The average molecular weight is 390 g/mol. The third-order valence-electron chi connectivity index (χ3n) is 3.95. The van der Waals surface area contributed by atoms with E-state index in [-0.39, 0.29) is 5.91 Å². The van der Waals surface area contributed by atoms with Gasteiger partial charge < -0.3 is 15.6 Å². The molecular weight excluding hydrogens is 370 g/mol. The Bertz CT molecular complexity index is 970. The molecule has 7 nitrogen and oxygen atoms in total. The first-order chi connectivity index (χ1) is 12.4. The summed E-state index contributed by atoms with van der Waals surface area (Å²) in [6.45, 7) is 6.25. The van der Waals surface area contributed by atoms with Crippen LogP contribution in [0, 0.1) is 13.8 Å². The van der Waals surface area contributed by atoms with Gasteiger partial charge in [-0.3, -0.25) is 9.59 Å². The Balaban J connectivity index is 1.98. The van der Waals surface area contributed by atoms with Crippen LogP contribution >= 0.6 is 22.7 Å². The first-order valence-corrected chi connectivity index (χ1v) is 9.75. The normalized spacial score (nSPS) is 10.9. The lowest BCUT2D eigenvalue weighted by Crippen LogP contribution is -2.25. The maximum atomic E-state index is 11.7. The van der Waals surface area contributed by atoms with Crippen molar-refractivity contribution in [1.29, 1.82) is 0 Å². The quantitative estimate of drug-likeness (QED) is 0.676. The first kappa shape index (κ1) is 18.3. The monoisotopic (exact) mass is 389 g/mol. The average Bonchev–Trinajstić information content (AvgIpc) is 3.26. The number of aryl methyl sites for hydroxylation is 1. The molecule has 0 aliphatic carbocycles. The van der Waals surface area contributed by atoms with Crippen LogP contribution in [0.5, 0.6) is 0 Å². The van der Waals surface area contributed by atoms with Gasteiger partial charge in [0.15, 0.2) is 0 Å². The Kier molecular flexibility index (Phi) is 5.19. The summed E-state index contributed by atoms with van der Waals surface area (Å²) in [4.78, 5) is 32.0. The molecule has 3 N–H and O–H groups in total. The molecule has 0 atom stereocenters. The SMILES string of the molecule is CC(=O)NCCn1c(-c2csc(-c3csc(C)n3)n2)cc(C(N)=O)c1C. The molecule has 0 saturated heterocycles. The second-order valence-electron chi connectivity index (χ2n) is 5.82. The molecule has 26 heavy (non-hydrogen) atoms. The summed E-state index contributed by atoms with van der Waals surface area (Å²) in [6.07, 6.45) is 0. The molecule has 3 aromatic heterocycles. The number of carbonyl (C=O) groups is 2. The van der Waals surface area contributed by atoms with Crippen molar-refractivity contribution in [2.45, 2.75) is 27.3 Å². The summed E-state index contributed by atoms with van der Waals surface area (Å²) in [5, 5.41) is 8.51. The Morgan fingerprint density at radius 3 is 2.54 bits per heavy atom. The maximum Gasteiger partial charge on any atom is 0.250 e. The molecule has 0 spiro atoms. The number of nitrogens with two attached hydrogens (primary N) is 1. The number of nitrogens with zero attached hydrogens (tertiary/aromatic N) is 3. The van der Waals surface area contributed by atoms with Crippen molar-refractivity contribution in [2.24, 2.45) is 5.73 Å². The molecule has 136 valence electrons. The van der Waals surface area contributed by atoms with Crippen molar-refractivity contribution in [3.63, 3.8) is 0 Å². The Morgan fingerprint density at radius 1 is 1.19 bits per heavy atom. The number of rotatable bonds is 6. The van der Waals surface area contributed by atoms with Gasteiger partial charge in [0, 0.05) is 36.5 Å². The second-order valence-corrected chi connectivity index (χ2v) is 7.74. The fraction of sp³-hybridized carbons (Fsp3) is 0.294. The number of amides is 2. The lowest BCUT2D eigenvalue weighted by molar-refractivity contribution is -0.118. The molecule has 0 radical (unpaired) electrons. The van der Waals surface area contributed by atoms with Gasteiger partial charge in [-0.15, -0.1) is 22.7 Å². The van der Waals surface area contributed by atoms with Crippen LogP contribution in [0.2, 0.25) is 0 Å². The fourth-order valence-electron chi connectivity index (χ4n) is 2.71. The highest BCUT2D eigenvalue weighted by molar-refractivity contribution is 7.14. The Labute approximate surface area is 158 Å². The highest BCUT2D eigenvalue weighted by Gasteiger charge is 2.19. The van der Waals surface area contributed by atoms with Crippen molar-refractivity contribution in [3.8, 4) is 22.1 Å².